The van der Waals surface area contributed by atoms with Crippen molar-refractivity contribution < 1.29 is 12.8 Å². The molecule has 0 amide bonds. The highest BCUT2D eigenvalue weighted by Crippen LogP contribution is 2.20. The highest BCUT2D eigenvalue weighted by atomic mass is 32.2. The van der Waals surface area contributed by atoms with Crippen LogP contribution >= 0.6 is 0 Å². The maximum Gasteiger partial charge on any atom is 0.218 e. The van der Waals surface area contributed by atoms with Crippen LogP contribution < -0.4 is 4.90 Å². The molecule has 0 bridgehead atoms. The monoisotopic (exact) mass is 415 g/mol. The molecular weight excluding hydrogens is 393 g/mol. The largest absolute Gasteiger partial charge is 0.354 e. The molecule has 0 N–H and O–H groups in total. The van der Waals surface area contributed by atoms with E-state index in [-0.39, 0.29) is 11.3 Å². The quantitative estimate of drug-likeness (QED) is 0.640. The van der Waals surface area contributed by atoms with Gasteiger partial charge in [-0.25, -0.2) is 22.8 Å². The van der Waals surface area contributed by atoms with Crippen molar-refractivity contribution in [2.45, 2.75) is 12.7 Å². The first-order chi connectivity index (χ1) is 13.9. The predicted octanol–water partition coefficient (Wildman–Crippen LogP) is 2.37. The Kier molecular flexibility index (Phi) is 5.33. The summed E-state index contributed by atoms with van der Waals surface area (Å²) in [7, 11) is -3.59. The number of sulfonamides is 1. The molecule has 0 radical (unpaired) electrons. The van der Waals surface area contributed by atoms with E-state index in [2.05, 4.69) is 14.9 Å². The van der Waals surface area contributed by atoms with Gasteiger partial charge in [0, 0.05) is 50.2 Å². The summed E-state index contributed by atoms with van der Waals surface area (Å²) in [6.07, 6.45) is 3.83. The van der Waals surface area contributed by atoms with Gasteiger partial charge in [0.25, 0.3) is 0 Å². The Bertz CT molecular complexity index is 1090. The molecule has 3 aromatic rings. The Morgan fingerprint density at radius 2 is 1.62 bits per heavy atom. The standard InChI is InChI=1S/C20H22FN5O2S/c1-16-22-19(24-8-4-5-9-24)14-20(23-16)25-10-12-26(13-11-25)29(27,28)15-17-6-2-3-7-18(17)21/h2-9,14H,10-13,15H2,1H3. The molecule has 0 unspecified atom stereocenters. The van der Waals surface area contributed by atoms with Crippen LogP contribution in [0.25, 0.3) is 5.82 Å². The molecule has 1 fully saturated rings. The summed E-state index contributed by atoms with van der Waals surface area (Å²) in [4.78, 5) is 11.0. The van der Waals surface area contributed by atoms with E-state index in [0.29, 0.717) is 32.0 Å². The summed E-state index contributed by atoms with van der Waals surface area (Å²) < 4.78 is 42.6. The van der Waals surface area contributed by atoms with E-state index in [1.807, 2.05) is 42.1 Å². The van der Waals surface area contributed by atoms with Crippen LogP contribution in [0.3, 0.4) is 0 Å². The molecule has 7 nitrogen and oxygen atoms in total. The number of piperazine rings is 1. The van der Waals surface area contributed by atoms with Crippen LogP contribution in [0.1, 0.15) is 11.4 Å². The summed E-state index contributed by atoms with van der Waals surface area (Å²) in [6.45, 7) is 3.53. The van der Waals surface area contributed by atoms with E-state index in [1.54, 1.807) is 12.1 Å². The first-order valence-electron chi connectivity index (χ1n) is 9.37. The lowest BCUT2D eigenvalue weighted by atomic mass is 10.2. The first kappa shape index (κ1) is 19.5. The number of hydrogen-bond donors (Lipinski definition) is 0. The van der Waals surface area contributed by atoms with Gasteiger partial charge >= 0.3 is 0 Å². The van der Waals surface area contributed by atoms with Gasteiger partial charge in [0.15, 0.2) is 0 Å². The SMILES string of the molecule is Cc1nc(N2CCN(S(=O)(=O)Cc3ccccc3F)CC2)cc(-n2cccc2)n1. The summed E-state index contributed by atoms with van der Waals surface area (Å²) in [6, 6.07) is 11.7. The van der Waals surface area contributed by atoms with Gasteiger partial charge in [-0.3, -0.25) is 0 Å². The van der Waals surface area contributed by atoms with Crippen LogP contribution in [0.15, 0.2) is 54.9 Å². The topological polar surface area (TPSA) is 71.3 Å². The number of halogens is 1. The molecule has 1 aliphatic heterocycles. The number of anilines is 1. The average Bonchev–Trinajstić information content (AvgIpc) is 3.24. The van der Waals surface area contributed by atoms with Crippen molar-refractivity contribution in [1.29, 1.82) is 0 Å². The normalized spacial score (nSPS) is 15.6. The zero-order valence-corrected chi connectivity index (χ0v) is 16.9. The minimum atomic E-state index is -3.59. The van der Waals surface area contributed by atoms with Gasteiger partial charge in [0.2, 0.25) is 10.0 Å². The Balaban J connectivity index is 1.46. The zero-order chi connectivity index (χ0) is 20.4. The molecule has 0 spiro atoms. The van der Waals surface area contributed by atoms with Crippen LogP contribution in [0.5, 0.6) is 0 Å². The highest BCUT2D eigenvalue weighted by molar-refractivity contribution is 7.88. The molecule has 152 valence electrons. The lowest BCUT2D eigenvalue weighted by Crippen LogP contribution is -2.49. The molecule has 2 aromatic heterocycles. The van der Waals surface area contributed by atoms with E-state index in [4.69, 9.17) is 0 Å². The van der Waals surface area contributed by atoms with Gasteiger partial charge in [0.05, 0.1) is 5.75 Å². The first-order valence-corrected chi connectivity index (χ1v) is 11.0. The smallest absolute Gasteiger partial charge is 0.218 e. The third-order valence-corrected chi connectivity index (χ3v) is 6.76. The van der Waals surface area contributed by atoms with Gasteiger partial charge < -0.3 is 9.47 Å². The molecule has 9 heteroatoms. The second kappa shape index (κ2) is 7.92. The molecule has 0 saturated carbocycles. The lowest BCUT2D eigenvalue weighted by Gasteiger charge is -2.34. The summed E-state index contributed by atoms with van der Waals surface area (Å²) >= 11 is 0. The van der Waals surface area contributed by atoms with Crippen LogP contribution in [-0.4, -0.2) is 53.4 Å². The van der Waals surface area contributed by atoms with Crippen molar-refractivity contribution in [3.05, 3.63) is 72.1 Å². The molecule has 1 aromatic carbocycles. The Labute approximate surface area is 169 Å². The minimum Gasteiger partial charge on any atom is -0.354 e. The molecule has 29 heavy (non-hydrogen) atoms. The Morgan fingerprint density at radius 1 is 0.966 bits per heavy atom. The molecule has 4 rings (SSSR count). The highest BCUT2D eigenvalue weighted by Gasteiger charge is 2.28. The number of nitrogens with zero attached hydrogens (tertiary/aromatic N) is 5. The fourth-order valence-corrected chi connectivity index (χ4v) is 4.95. The number of benzene rings is 1. The van der Waals surface area contributed by atoms with E-state index in [9.17, 15) is 12.8 Å². The van der Waals surface area contributed by atoms with Gasteiger partial charge in [-0.05, 0) is 25.1 Å². The van der Waals surface area contributed by atoms with Gasteiger partial charge in [0.1, 0.15) is 23.3 Å². The van der Waals surface area contributed by atoms with Gasteiger partial charge in [-0.1, -0.05) is 18.2 Å². The van der Waals surface area contributed by atoms with Crippen LogP contribution in [-0.2, 0) is 15.8 Å². The molecule has 0 atom stereocenters. The van der Waals surface area contributed by atoms with Crippen molar-refractivity contribution in [3.63, 3.8) is 0 Å². The fourth-order valence-electron chi connectivity index (χ4n) is 3.42. The third-order valence-electron chi connectivity index (χ3n) is 4.93. The van der Waals surface area contributed by atoms with E-state index in [1.165, 1.54) is 16.4 Å². The van der Waals surface area contributed by atoms with Crippen molar-refractivity contribution in [3.8, 4) is 5.82 Å². The lowest BCUT2D eigenvalue weighted by molar-refractivity contribution is 0.382. The van der Waals surface area contributed by atoms with Crippen molar-refractivity contribution in [2.24, 2.45) is 0 Å². The number of aryl methyl sites for hydroxylation is 1. The number of hydrogen-bond acceptors (Lipinski definition) is 5. The second-order valence-corrected chi connectivity index (χ2v) is 8.92. The third kappa shape index (κ3) is 4.30. The predicted molar refractivity (Wildman–Crippen MR) is 109 cm³/mol. The van der Waals surface area contributed by atoms with Crippen molar-refractivity contribution >= 4 is 15.8 Å². The van der Waals surface area contributed by atoms with Crippen LogP contribution in [0.2, 0.25) is 0 Å². The molecule has 0 aliphatic carbocycles. The maximum absolute atomic E-state index is 13.9. The number of aromatic nitrogens is 3. The van der Waals surface area contributed by atoms with Crippen molar-refractivity contribution in [1.82, 2.24) is 18.8 Å². The van der Waals surface area contributed by atoms with Crippen LogP contribution in [0, 0.1) is 12.7 Å². The summed E-state index contributed by atoms with van der Waals surface area (Å²) in [5.41, 5.74) is 0.192. The maximum atomic E-state index is 13.9. The average molecular weight is 415 g/mol. The Morgan fingerprint density at radius 3 is 2.31 bits per heavy atom. The second-order valence-electron chi connectivity index (χ2n) is 6.96. The fraction of sp³-hybridized carbons (Fsp3) is 0.300. The van der Waals surface area contributed by atoms with Gasteiger partial charge in [-0.15, -0.1) is 0 Å². The summed E-state index contributed by atoms with van der Waals surface area (Å²) in [5, 5.41) is 0. The summed E-state index contributed by atoms with van der Waals surface area (Å²) in [5.74, 6) is 1.37. The van der Waals surface area contributed by atoms with E-state index >= 15 is 0 Å². The number of rotatable bonds is 5. The Hall–Kier alpha value is -2.78. The van der Waals surface area contributed by atoms with E-state index in [0.717, 1.165) is 11.6 Å². The molecular formula is C20H22FN5O2S. The molecule has 1 saturated heterocycles. The zero-order valence-electron chi connectivity index (χ0n) is 16.1. The minimum absolute atomic E-state index is 0.192. The molecule has 1 aliphatic rings. The van der Waals surface area contributed by atoms with Gasteiger partial charge in [-0.2, -0.15) is 4.31 Å². The van der Waals surface area contributed by atoms with Crippen molar-refractivity contribution in [2.75, 3.05) is 31.1 Å². The van der Waals surface area contributed by atoms with E-state index < -0.39 is 15.8 Å². The van der Waals surface area contributed by atoms with Crippen LogP contribution in [0.4, 0.5) is 10.2 Å². The molecule has 3 heterocycles.